The van der Waals surface area contributed by atoms with Gasteiger partial charge in [0.15, 0.2) is 23.6 Å². The molecule has 2 fully saturated rings. The van der Waals surface area contributed by atoms with E-state index in [2.05, 4.69) is 0 Å². The molecule has 0 radical (unpaired) electrons. The lowest BCUT2D eigenvalue weighted by Gasteiger charge is -2.49. The van der Waals surface area contributed by atoms with E-state index in [1.54, 1.807) is 19.1 Å². The molecule has 1 unspecified atom stereocenters. The molecule has 9 atom stereocenters. The SMILES string of the molecule is CC(=O)OCC1=CC2C(=O)[C@]3(C=C(C)[C@H](OC(C)=O)[C@]3(O)[C@@H]1OC(C)=O)[C@H](C)C[C@H]1[C@H]2[C@]1(C)COC(C)=O. The van der Waals surface area contributed by atoms with Crippen molar-refractivity contribution in [1.29, 1.82) is 0 Å². The highest BCUT2D eigenvalue weighted by molar-refractivity contribution is 5.95. The molecule has 0 aliphatic heterocycles. The van der Waals surface area contributed by atoms with Crippen LogP contribution in [0.3, 0.4) is 0 Å². The summed E-state index contributed by atoms with van der Waals surface area (Å²) in [5.74, 6) is -4.18. The molecule has 208 valence electrons. The van der Waals surface area contributed by atoms with Crippen molar-refractivity contribution in [2.45, 2.75) is 72.7 Å². The number of rotatable bonds is 6. The molecule has 2 saturated carbocycles. The molecule has 0 amide bonds. The smallest absolute Gasteiger partial charge is 0.303 e. The van der Waals surface area contributed by atoms with Crippen molar-refractivity contribution in [1.82, 2.24) is 0 Å². The monoisotopic (exact) mass is 532 g/mol. The molecule has 4 rings (SSSR count). The van der Waals surface area contributed by atoms with Crippen molar-refractivity contribution in [3.05, 3.63) is 23.3 Å². The van der Waals surface area contributed by atoms with Gasteiger partial charge in [0.05, 0.1) is 12.0 Å². The van der Waals surface area contributed by atoms with Crippen molar-refractivity contribution >= 4 is 29.7 Å². The predicted molar refractivity (Wildman–Crippen MR) is 131 cm³/mol. The lowest BCUT2D eigenvalue weighted by atomic mass is 9.59. The largest absolute Gasteiger partial charge is 0.465 e. The van der Waals surface area contributed by atoms with E-state index in [-0.39, 0.29) is 36.4 Å². The summed E-state index contributed by atoms with van der Waals surface area (Å²) in [6.45, 7) is 10.2. The fraction of sp³-hybridized carbons (Fsp3) is 0.679. The van der Waals surface area contributed by atoms with Gasteiger partial charge in [-0.25, -0.2) is 0 Å². The summed E-state index contributed by atoms with van der Waals surface area (Å²) in [5, 5.41) is 12.7. The van der Waals surface area contributed by atoms with E-state index in [0.29, 0.717) is 12.0 Å². The zero-order chi connectivity index (χ0) is 28.4. The minimum absolute atomic E-state index is 0.00703. The highest BCUT2D eigenvalue weighted by Crippen LogP contribution is 2.72. The molecule has 0 saturated heterocycles. The van der Waals surface area contributed by atoms with Crippen LogP contribution in [0, 0.1) is 34.5 Å². The van der Waals surface area contributed by atoms with Gasteiger partial charge in [-0.2, -0.15) is 0 Å². The number of esters is 4. The maximum atomic E-state index is 14.7. The number of fused-ring (bicyclic) bond motifs is 3. The van der Waals surface area contributed by atoms with Crippen LogP contribution >= 0.6 is 0 Å². The van der Waals surface area contributed by atoms with Gasteiger partial charge in [0.25, 0.3) is 0 Å². The van der Waals surface area contributed by atoms with Crippen LogP contribution in [0.4, 0.5) is 0 Å². The third-order valence-electron chi connectivity index (χ3n) is 9.07. The average molecular weight is 533 g/mol. The molecule has 2 bridgehead atoms. The van der Waals surface area contributed by atoms with Gasteiger partial charge >= 0.3 is 23.9 Å². The minimum Gasteiger partial charge on any atom is -0.465 e. The Labute approximate surface area is 221 Å². The number of allylic oxidation sites excluding steroid dienone is 1. The van der Waals surface area contributed by atoms with Crippen LogP contribution < -0.4 is 0 Å². The lowest BCUT2D eigenvalue weighted by Crippen LogP contribution is -2.66. The molecule has 38 heavy (non-hydrogen) atoms. The van der Waals surface area contributed by atoms with Crippen molar-refractivity contribution in [3.63, 3.8) is 0 Å². The van der Waals surface area contributed by atoms with Crippen LogP contribution in [0.2, 0.25) is 0 Å². The molecule has 10 heteroatoms. The van der Waals surface area contributed by atoms with Gasteiger partial charge in [-0.05, 0) is 36.7 Å². The quantitative estimate of drug-likeness (QED) is 0.307. The topological polar surface area (TPSA) is 143 Å². The van der Waals surface area contributed by atoms with Crippen LogP contribution in [0.15, 0.2) is 23.3 Å². The van der Waals surface area contributed by atoms with E-state index in [9.17, 15) is 29.1 Å². The van der Waals surface area contributed by atoms with E-state index in [0.717, 1.165) is 0 Å². The average Bonchev–Trinajstić information content (AvgIpc) is 3.34. The maximum Gasteiger partial charge on any atom is 0.303 e. The first-order valence-electron chi connectivity index (χ1n) is 12.9. The second-order valence-corrected chi connectivity index (χ2v) is 11.5. The molecule has 1 N–H and O–H groups in total. The first-order valence-corrected chi connectivity index (χ1v) is 12.9. The molecule has 4 aliphatic rings. The first kappa shape index (κ1) is 28.0. The number of ketones is 1. The van der Waals surface area contributed by atoms with Crippen molar-refractivity contribution in [2.75, 3.05) is 13.2 Å². The Morgan fingerprint density at radius 1 is 0.974 bits per heavy atom. The molecule has 1 spiro atoms. The number of hydrogen-bond donors (Lipinski definition) is 1. The Balaban J connectivity index is 1.95. The highest BCUT2D eigenvalue weighted by atomic mass is 16.6. The van der Waals surface area contributed by atoms with Crippen molar-refractivity contribution in [3.8, 4) is 0 Å². The van der Waals surface area contributed by atoms with Crippen LogP contribution in [-0.4, -0.2) is 65.8 Å². The molecular weight excluding hydrogens is 496 g/mol. The molecular formula is C28H36O10. The number of hydrogen-bond acceptors (Lipinski definition) is 10. The van der Waals surface area contributed by atoms with E-state index in [1.807, 2.05) is 13.8 Å². The number of carbonyl (C=O) groups excluding carboxylic acids is 5. The third-order valence-corrected chi connectivity index (χ3v) is 9.07. The molecule has 4 aliphatic carbocycles. The Hall–Kier alpha value is -3.01. The normalized spacial score (nSPS) is 40.8. The van der Waals surface area contributed by atoms with Crippen molar-refractivity contribution in [2.24, 2.45) is 34.5 Å². The van der Waals surface area contributed by atoms with Crippen molar-refractivity contribution < 1.29 is 48.0 Å². The summed E-state index contributed by atoms with van der Waals surface area (Å²) in [6.07, 6.45) is 1.11. The molecule has 10 nitrogen and oxygen atoms in total. The first-order chi connectivity index (χ1) is 17.6. The van der Waals surface area contributed by atoms with Gasteiger partial charge in [0.2, 0.25) is 0 Å². The van der Waals surface area contributed by atoms with E-state index in [1.165, 1.54) is 27.7 Å². The second kappa shape index (κ2) is 9.32. The highest BCUT2D eigenvalue weighted by Gasteiger charge is 2.78. The van der Waals surface area contributed by atoms with Crippen LogP contribution in [0.1, 0.15) is 54.9 Å². The Bertz CT molecular complexity index is 1150. The summed E-state index contributed by atoms with van der Waals surface area (Å²) in [4.78, 5) is 62.6. The zero-order valence-electron chi connectivity index (χ0n) is 22.9. The van der Waals surface area contributed by atoms with Gasteiger partial charge < -0.3 is 24.1 Å². The summed E-state index contributed by atoms with van der Waals surface area (Å²) in [6, 6.07) is 0. The fourth-order valence-electron chi connectivity index (χ4n) is 7.53. The molecule has 0 aromatic rings. The zero-order valence-corrected chi connectivity index (χ0v) is 22.9. The fourth-order valence-corrected chi connectivity index (χ4v) is 7.53. The lowest BCUT2D eigenvalue weighted by molar-refractivity contribution is -0.211. The minimum atomic E-state index is -2.19. The summed E-state index contributed by atoms with van der Waals surface area (Å²) >= 11 is 0. The number of aliphatic hydroxyl groups is 1. The van der Waals surface area contributed by atoms with E-state index >= 15 is 0 Å². The number of carbonyl (C=O) groups is 5. The van der Waals surface area contributed by atoms with Gasteiger partial charge in [-0.3, -0.25) is 24.0 Å². The Morgan fingerprint density at radius 2 is 1.55 bits per heavy atom. The van der Waals surface area contributed by atoms with Gasteiger partial charge in [0.1, 0.15) is 6.61 Å². The van der Waals surface area contributed by atoms with Gasteiger partial charge in [-0.1, -0.05) is 26.0 Å². The van der Waals surface area contributed by atoms with Gasteiger partial charge in [0, 0.05) is 44.6 Å². The maximum absolute atomic E-state index is 14.7. The van der Waals surface area contributed by atoms with E-state index in [4.69, 9.17) is 18.9 Å². The third kappa shape index (κ3) is 3.99. The Kier molecular flexibility index (Phi) is 6.87. The van der Waals surface area contributed by atoms with E-state index < -0.39 is 64.4 Å². The number of Topliss-reactive ketones (excluding diaryl/α,β-unsaturated/α-hetero) is 1. The standard InChI is InChI=1S/C28H36O10/c1-13-10-27-14(2)8-21-22(26(21,7)12-36-16(4)30)20(23(27)33)9-19(11-35-15(3)29)25(38-18(6)32)28(27,34)24(13)37-17(5)31/h9-10,14,20-22,24-25,34H,8,11-12H2,1-7H3/t14-,20?,21+,22+,24+,25-,26-,27+,28+/m1/s1. The summed E-state index contributed by atoms with van der Waals surface area (Å²) < 4.78 is 22.0. The van der Waals surface area contributed by atoms with Crippen LogP contribution in [-0.2, 0) is 42.9 Å². The molecule has 0 heterocycles. The molecule has 0 aromatic heterocycles. The molecule has 0 aromatic carbocycles. The van der Waals surface area contributed by atoms with Crippen LogP contribution in [0.5, 0.6) is 0 Å². The predicted octanol–water partition coefficient (Wildman–Crippen LogP) is 2.07. The summed E-state index contributed by atoms with van der Waals surface area (Å²) in [7, 11) is 0. The Morgan fingerprint density at radius 3 is 2.11 bits per heavy atom. The second-order valence-electron chi connectivity index (χ2n) is 11.5. The van der Waals surface area contributed by atoms with Crippen LogP contribution in [0.25, 0.3) is 0 Å². The number of ether oxygens (including phenoxy) is 4. The van der Waals surface area contributed by atoms with Gasteiger partial charge in [-0.15, -0.1) is 0 Å². The summed E-state index contributed by atoms with van der Waals surface area (Å²) in [5.41, 5.74) is -3.54.